The van der Waals surface area contributed by atoms with Gasteiger partial charge in [-0.3, -0.25) is 9.11 Å². The third-order valence-corrected chi connectivity index (χ3v) is 0. The van der Waals surface area contributed by atoms with Gasteiger partial charge in [0.2, 0.25) is 0 Å². The van der Waals surface area contributed by atoms with E-state index >= 15 is 0 Å². The van der Waals surface area contributed by atoms with Crippen molar-refractivity contribution in [2.24, 2.45) is 0 Å². The van der Waals surface area contributed by atoms with Crippen molar-refractivity contribution in [2.75, 3.05) is 0 Å². The van der Waals surface area contributed by atoms with Gasteiger partial charge in [0.05, 0.1) is 0 Å². The summed E-state index contributed by atoms with van der Waals surface area (Å²) in [6.45, 7) is 0. The van der Waals surface area contributed by atoms with Crippen LogP contribution in [0.5, 0.6) is 0 Å². The molecule has 2 N–H and O–H groups in total. The van der Waals surface area contributed by atoms with Gasteiger partial charge in [-0.15, -0.1) is 0 Å². The summed E-state index contributed by atoms with van der Waals surface area (Å²) in [6, 6.07) is 0. The zero-order valence-electron chi connectivity index (χ0n) is 2.12. The summed E-state index contributed by atoms with van der Waals surface area (Å²) in [6.07, 6.45) is 0. The number of rotatable bonds is 0. The summed E-state index contributed by atoms with van der Waals surface area (Å²) < 4.78 is 31.6. The van der Waals surface area contributed by atoms with Crippen molar-refractivity contribution in [1.29, 1.82) is 0 Å². The van der Waals surface area contributed by atoms with Gasteiger partial charge >= 0.3 is 82.3 Å². The molecule has 0 aliphatic carbocycles. The van der Waals surface area contributed by atoms with Gasteiger partial charge in [-0.25, -0.2) is 0 Å². The van der Waals surface area contributed by atoms with Crippen LogP contribution in [0.4, 0.5) is 0 Å². The Morgan fingerprint density at radius 2 is 1.14 bits per heavy atom. The Morgan fingerprint density at radius 1 is 1.14 bits per heavy atom. The maximum Gasteiger partial charge on any atom is 0.316 e. The molecule has 0 heterocycles. The average Bonchev–Trinajstić information content (AvgIpc) is 0.722. The van der Waals surface area contributed by atoms with Crippen LogP contribution in [0.2, 0.25) is 0 Å². The monoisotopic (exact) mass is 264 g/mol. The van der Waals surface area contributed by atoms with Crippen molar-refractivity contribution in [1.82, 2.24) is 0 Å². The van der Waals surface area contributed by atoms with E-state index in [1.165, 1.54) is 0 Å². The second-order valence-electron chi connectivity index (χ2n) is 0.448. The molecule has 0 spiro atoms. The molecule has 0 aromatic heterocycles. The van der Waals surface area contributed by atoms with E-state index in [2.05, 4.69) is 0 Å². The van der Waals surface area contributed by atoms with E-state index in [1.807, 2.05) is 0 Å². The van der Waals surface area contributed by atoms with E-state index < -0.39 is 10.4 Å². The zero-order valence-corrected chi connectivity index (χ0v) is 2.94. The van der Waals surface area contributed by atoms with E-state index in [1.54, 1.807) is 0 Å². The van der Waals surface area contributed by atoms with E-state index in [-0.39, 0.29) is 71.9 Å². The Balaban J connectivity index is -0.0000000800. The zero-order chi connectivity index (χ0) is 4.50. The molecule has 0 saturated carbocycles. The van der Waals surface area contributed by atoms with Crippen LogP contribution in [0, 0.1) is 0 Å². The van der Waals surface area contributed by atoms with Crippen molar-refractivity contribution >= 4 is 82.3 Å². The van der Waals surface area contributed by atoms with Gasteiger partial charge in [-0.2, -0.15) is 8.42 Å². The molecular formula is H6BaMgO4S. The molecule has 4 nitrogen and oxygen atoms in total. The van der Waals surface area contributed by atoms with Gasteiger partial charge in [-0.05, 0) is 0 Å². The molecule has 0 amide bonds. The molecule has 0 radical (unpaired) electrons. The second-order valence-corrected chi connectivity index (χ2v) is 1.34. The molecule has 0 fully saturated rings. The maximum absolute atomic E-state index is 8.74. The largest absolute Gasteiger partial charge is 0.316 e. The van der Waals surface area contributed by atoms with Crippen LogP contribution in [0.25, 0.3) is 0 Å². The molecule has 40 valence electrons. The van der Waals surface area contributed by atoms with Gasteiger partial charge in [0, 0.05) is 0 Å². The van der Waals surface area contributed by atoms with Gasteiger partial charge in [0.15, 0.2) is 0 Å². The van der Waals surface area contributed by atoms with Crippen LogP contribution >= 0.6 is 0 Å². The minimum atomic E-state index is -4.67. The third-order valence-electron chi connectivity index (χ3n) is 0. The van der Waals surface area contributed by atoms with Crippen LogP contribution in [0.3, 0.4) is 0 Å². The first-order valence-electron chi connectivity index (χ1n) is 0.698. The van der Waals surface area contributed by atoms with Crippen molar-refractivity contribution in [3.05, 3.63) is 0 Å². The second kappa shape index (κ2) is 6.33. The first-order valence-corrected chi connectivity index (χ1v) is 2.10. The predicted molar refractivity (Wildman–Crippen MR) is 31.3 cm³/mol. The van der Waals surface area contributed by atoms with Gasteiger partial charge in [0.1, 0.15) is 0 Å². The van der Waals surface area contributed by atoms with Gasteiger partial charge in [-0.1, -0.05) is 0 Å². The Morgan fingerprint density at radius 3 is 1.14 bits per heavy atom. The molecular weight excluding hydrogens is 258 g/mol. The van der Waals surface area contributed by atoms with Gasteiger partial charge < -0.3 is 0 Å². The summed E-state index contributed by atoms with van der Waals surface area (Å²) in [4.78, 5) is 0. The Bertz CT molecular complexity index is 94.9. The van der Waals surface area contributed by atoms with Crippen molar-refractivity contribution in [3.63, 3.8) is 0 Å². The molecule has 0 aromatic rings. The molecule has 0 bridgehead atoms. The van der Waals surface area contributed by atoms with Crippen molar-refractivity contribution in [3.8, 4) is 0 Å². The van der Waals surface area contributed by atoms with E-state index in [0.29, 0.717) is 0 Å². The van der Waals surface area contributed by atoms with Crippen LogP contribution in [-0.4, -0.2) is 89.5 Å². The molecule has 0 aromatic carbocycles. The van der Waals surface area contributed by atoms with Crippen molar-refractivity contribution < 1.29 is 17.5 Å². The molecule has 0 aliphatic rings. The molecule has 0 saturated heterocycles. The quantitative estimate of drug-likeness (QED) is 0.375. The Kier molecular flexibility index (Phi) is 14.6. The van der Waals surface area contributed by atoms with Crippen LogP contribution in [-0.2, 0) is 10.4 Å². The smallest absolute Gasteiger partial charge is 0.316 e. The summed E-state index contributed by atoms with van der Waals surface area (Å²) >= 11 is 0. The molecule has 0 aliphatic heterocycles. The average molecular weight is 264 g/mol. The molecule has 0 unspecified atom stereocenters. The summed E-state index contributed by atoms with van der Waals surface area (Å²) in [7, 11) is -4.67. The van der Waals surface area contributed by atoms with Crippen LogP contribution in [0.1, 0.15) is 0 Å². The molecule has 7 heteroatoms. The first kappa shape index (κ1) is 16.1. The fourth-order valence-electron chi connectivity index (χ4n) is 0. The Hall–Kier alpha value is 2.21. The standard InChI is InChI=1S/Ba.Mg.H2O4S.4H/c;;1-5(2,3)4;;;;/h;;(H2,1,2,3,4);;;;. The van der Waals surface area contributed by atoms with Gasteiger partial charge in [0.25, 0.3) is 0 Å². The SMILES string of the molecule is O=S(=O)(O)O.[BaH2].[MgH2]. The fourth-order valence-corrected chi connectivity index (χ4v) is 0. The summed E-state index contributed by atoms with van der Waals surface area (Å²) in [5.74, 6) is 0. The minimum absolute atomic E-state index is 0. The normalized spacial score (nSPS) is 8.29. The van der Waals surface area contributed by atoms with Crippen molar-refractivity contribution in [2.45, 2.75) is 0 Å². The number of hydrogen-bond donors (Lipinski definition) is 2. The Labute approximate surface area is 97.9 Å². The third kappa shape index (κ3) is 64.9. The first-order chi connectivity index (χ1) is 2.00. The predicted octanol–water partition coefficient (Wildman–Crippen LogP) is -2.49. The molecule has 0 rings (SSSR count). The minimum Gasteiger partial charge on any atom is 0.316 e. The fraction of sp³-hybridized carbons (Fsp3) is 0. The number of hydrogen-bond acceptors (Lipinski definition) is 2. The van der Waals surface area contributed by atoms with E-state index in [4.69, 9.17) is 17.5 Å². The summed E-state index contributed by atoms with van der Waals surface area (Å²) in [5.41, 5.74) is 0. The molecule has 0 atom stereocenters. The summed E-state index contributed by atoms with van der Waals surface area (Å²) in [5, 5.41) is 0. The van der Waals surface area contributed by atoms with E-state index in [0.717, 1.165) is 0 Å². The van der Waals surface area contributed by atoms with E-state index in [9.17, 15) is 0 Å². The van der Waals surface area contributed by atoms with Crippen LogP contribution < -0.4 is 0 Å². The molecule has 7 heavy (non-hydrogen) atoms. The maximum atomic E-state index is 8.74. The van der Waals surface area contributed by atoms with Crippen LogP contribution in [0.15, 0.2) is 0 Å². The topological polar surface area (TPSA) is 74.6 Å².